The number of ether oxygens (including phenoxy) is 1. The van der Waals surface area contributed by atoms with Gasteiger partial charge in [0.15, 0.2) is 5.78 Å². The normalized spacial score (nSPS) is 11.2. The number of Topliss-reactive ketones (excluding diaryl/α,β-unsaturated/α-hetero) is 1. The van der Waals surface area contributed by atoms with Crippen molar-refractivity contribution in [2.75, 3.05) is 6.61 Å². The van der Waals surface area contributed by atoms with Crippen LogP contribution in [0.2, 0.25) is 0 Å². The predicted molar refractivity (Wildman–Crippen MR) is 72.2 cm³/mol. The fourth-order valence-electron chi connectivity index (χ4n) is 1.80. The van der Waals surface area contributed by atoms with Crippen molar-refractivity contribution in [1.29, 1.82) is 0 Å². The summed E-state index contributed by atoms with van der Waals surface area (Å²) < 4.78 is 5.55. The van der Waals surface area contributed by atoms with Gasteiger partial charge in [0.2, 0.25) is 0 Å². The highest BCUT2D eigenvalue weighted by Gasteiger charge is 2.26. The molecule has 1 N–H and O–H groups in total. The number of hydrogen-bond donors (Lipinski definition) is 1. The van der Waals surface area contributed by atoms with Gasteiger partial charge in [-0.05, 0) is 51.0 Å². The van der Waals surface area contributed by atoms with E-state index in [1.54, 1.807) is 18.2 Å². The third-order valence-electron chi connectivity index (χ3n) is 2.62. The van der Waals surface area contributed by atoms with Crippen molar-refractivity contribution in [2.45, 2.75) is 33.3 Å². The van der Waals surface area contributed by atoms with Crippen LogP contribution in [0.4, 0.5) is 0 Å². The first kappa shape index (κ1) is 14.5. The van der Waals surface area contributed by atoms with Gasteiger partial charge in [0.1, 0.15) is 18.0 Å². The van der Waals surface area contributed by atoms with Crippen molar-refractivity contribution in [3.63, 3.8) is 0 Å². The zero-order valence-corrected chi connectivity index (χ0v) is 11.4. The van der Waals surface area contributed by atoms with Crippen LogP contribution < -0.4 is 4.74 Å². The Hall–Kier alpha value is -1.61. The second-order valence-electron chi connectivity index (χ2n) is 4.93. The van der Waals surface area contributed by atoms with Gasteiger partial charge in [0, 0.05) is 5.56 Å². The van der Waals surface area contributed by atoms with Crippen molar-refractivity contribution in [3.8, 4) is 5.75 Å². The van der Waals surface area contributed by atoms with E-state index >= 15 is 0 Å². The van der Waals surface area contributed by atoms with E-state index in [0.29, 0.717) is 12.2 Å². The number of aliphatic hydroxyl groups is 1. The lowest BCUT2D eigenvalue weighted by molar-refractivity contribution is 0.0488. The molecule has 0 fully saturated rings. The Kier molecular flexibility index (Phi) is 4.30. The third-order valence-corrected chi connectivity index (χ3v) is 2.62. The summed E-state index contributed by atoms with van der Waals surface area (Å²) in [6, 6.07) is 3.48. The van der Waals surface area contributed by atoms with Crippen molar-refractivity contribution in [1.82, 2.24) is 0 Å². The molecule has 0 aliphatic carbocycles. The van der Waals surface area contributed by atoms with Gasteiger partial charge in [-0.25, -0.2) is 0 Å². The molecule has 3 heteroatoms. The van der Waals surface area contributed by atoms with Gasteiger partial charge >= 0.3 is 0 Å². The largest absolute Gasteiger partial charge is 0.489 e. The SMILES string of the molecule is C=CCOc1c(C)cc(C(=O)C(C)(C)O)cc1C. The Morgan fingerprint density at radius 3 is 2.28 bits per heavy atom. The molecule has 0 saturated heterocycles. The Bertz CT molecular complexity index is 444. The molecule has 0 amide bonds. The summed E-state index contributed by atoms with van der Waals surface area (Å²) in [6.07, 6.45) is 1.68. The minimum absolute atomic E-state index is 0.288. The summed E-state index contributed by atoms with van der Waals surface area (Å²) in [4.78, 5) is 12.0. The lowest BCUT2D eigenvalue weighted by Crippen LogP contribution is -2.31. The molecule has 1 aromatic rings. The van der Waals surface area contributed by atoms with Gasteiger partial charge in [-0.15, -0.1) is 0 Å². The molecule has 0 unspecified atom stereocenters. The quantitative estimate of drug-likeness (QED) is 0.644. The molecular formula is C15H20O3. The lowest BCUT2D eigenvalue weighted by atomic mass is 9.94. The Morgan fingerprint density at radius 2 is 1.89 bits per heavy atom. The summed E-state index contributed by atoms with van der Waals surface area (Å²) in [6.45, 7) is 10.8. The first-order valence-corrected chi connectivity index (χ1v) is 5.89. The van der Waals surface area contributed by atoms with Crippen LogP contribution in [0.1, 0.15) is 35.3 Å². The Balaban J connectivity index is 3.14. The smallest absolute Gasteiger partial charge is 0.193 e. The van der Waals surface area contributed by atoms with Gasteiger partial charge in [0.05, 0.1) is 0 Å². The van der Waals surface area contributed by atoms with Crippen LogP contribution in [0.3, 0.4) is 0 Å². The Labute approximate surface area is 108 Å². The van der Waals surface area contributed by atoms with Crippen LogP contribution in [0.25, 0.3) is 0 Å². The van der Waals surface area contributed by atoms with E-state index < -0.39 is 5.60 Å². The van der Waals surface area contributed by atoms with E-state index in [1.165, 1.54) is 13.8 Å². The molecule has 0 atom stereocenters. The maximum absolute atomic E-state index is 12.0. The van der Waals surface area contributed by atoms with Gasteiger partial charge in [-0.1, -0.05) is 12.7 Å². The third kappa shape index (κ3) is 3.20. The van der Waals surface area contributed by atoms with Crippen LogP contribution in [0.15, 0.2) is 24.8 Å². The number of benzene rings is 1. The topological polar surface area (TPSA) is 46.5 Å². The van der Waals surface area contributed by atoms with E-state index in [2.05, 4.69) is 6.58 Å². The monoisotopic (exact) mass is 248 g/mol. The fraction of sp³-hybridized carbons (Fsp3) is 0.400. The van der Waals surface area contributed by atoms with E-state index in [0.717, 1.165) is 16.9 Å². The number of aryl methyl sites for hydroxylation is 2. The highest BCUT2D eigenvalue weighted by molar-refractivity contribution is 6.02. The van der Waals surface area contributed by atoms with Crippen molar-refractivity contribution in [2.24, 2.45) is 0 Å². The highest BCUT2D eigenvalue weighted by atomic mass is 16.5. The summed E-state index contributed by atoms with van der Waals surface area (Å²) in [7, 11) is 0. The van der Waals surface area contributed by atoms with Crippen LogP contribution in [0, 0.1) is 13.8 Å². The van der Waals surface area contributed by atoms with E-state index in [4.69, 9.17) is 4.74 Å². The molecule has 0 spiro atoms. The molecule has 0 aromatic heterocycles. The molecule has 0 saturated carbocycles. The van der Waals surface area contributed by atoms with Crippen LogP contribution in [-0.4, -0.2) is 23.1 Å². The van der Waals surface area contributed by atoms with Crippen molar-refractivity contribution in [3.05, 3.63) is 41.5 Å². The first-order chi connectivity index (χ1) is 8.27. The zero-order chi connectivity index (χ0) is 13.9. The number of ketones is 1. The average molecular weight is 248 g/mol. The molecule has 0 heterocycles. The summed E-state index contributed by atoms with van der Waals surface area (Å²) in [5.41, 5.74) is 0.903. The fourth-order valence-corrected chi connectivity index (χ4v) is 1.80. The van der Waals surface area contributed by atoms with E-state index in [9.17, 15) is 9.90 Å². The van der Waals surface area contributed by atoms with Gasteiger partial charge < -0.3 is 9.84 Å². The summed E-state index contributed by atoms with van der Waals surface area (Å²) in [5.74, 6) is 0.478. The van der Waals surface area contributed by atoms with Crippen molar-refractivity contribution >= 4 is 5.78 Å². The number of rotatable bonds is 5. The number of carbonyl (C=O) groups excluding carboxylic acids is 1. The molecule has 98 valence electrons. The number of carbonyl (C=O) groups is 1. The molecule has 0 bridgehead atoms. The lowest BCUT2D eigenvalue weighted by Gasteiger charge is -2.18. The average Bonchev–Trinajstić information content (AvgIpc) is 2.25. The van der Waals surface area contributed by atoms with E-state index in [1.807, 2.05) is 13.8 Å². The maximum atomic E-state index is 12.0. The molecule has 0 radical (unpaired) electrons. The molecule has 1 aromatic carbocycles. The molecule has 0 aliphatic heterocycles. The zero-order valence-electron chi connectivity index (χ0n) is 11.4. The summed E-state index contributed by atoms with van der Waals surface area (Å²) >= 11 is 0. The molecule has 0 aliphatic rings. The van der Waals surface area contributed by atoms with Crippen LogP contribution >= 0.6 is 0 Å². The second-order valence-corrected chi connectivity index (χ2v) is 4.93. The first-order valence-electron chi connectivity index (χ1n) is 5.89. The standard InChI is InChI=1S/C15H20O3/c1-6-7-18-13-10(2)8-12(9-11(13)3)14(16)15(4,5)17/h6,8-9,17H,1,7H2,2-5H3. The molecular weight excluding hydrogens is 228 g/mol. The van der Waals surface area contributed by atoms with Gasteiger partial charge in [-0.2, -0.15) is 0 Å². The predicted octanol–water partition coefficient (Wildman–Crippen LogP) is 2.82. The minimum Gasteiger partial charge on any atom is -0.489 e. The second kappa shape index (κ2) is 5.36. The molecule has 3 nitrogen and oxygen atoms in total. The van der Waals surface area contributed by atoms with Crippen molar-refractivity contribution < 1.29 is 14.6 Å². The maximum Gasteiger partial charge on any atom is 0.193 e. The molecule has 1 rings (SSSR count). The van der Waals surface area contributed by atoms with Gasteiger partial charge in [0.25, 0.3) is 0 Å². The van der Waals surface area contributed by atoms with E-state index in [-0.39, 0.29) is 5.78 Å². The summed E-state index contributed by atoms with van der Waals surface area (Å²) in [5, 5.41) is 9.74. The minimum atomic E-state index is -1.36. The van der Waals surface area contributed by atoms with Gasteiger partial charge in [-0.3, -0.25) is 4.79 Å². The van der Waals surface area contributed by atoms with Crippen LogP contribution in [-0.2, 0) is 0 Å². The number of hydrogen-bond acceptors (Lipinski definition) is 3. The Morgan fingerprint density at radius 1 is 1.39 bits per heavy atom. The van der Waals surface area contributed by atoms with Crippen LogP contribution in [0.5, 0.6) is 5.75 Å². The molecule has 18 heavy (non-hydrogen) atoms. The highest BCUT2D eigenvalue weighted by Crippen LogP contribution is 2.26.